The number of carbonyl (C=O) groups is 1. The third-order valence-corrected chi connectivity index (χ3v) is 4.62. The van der Waals surface area contributed by atoms with Gasteiger partial charge in [0, 0.05) is 12.1 Å². The smallest absolute Gasteiger partial charge is 0.254 e. The maximum atomic E-state index is 13.0. The van der Waals surface area contributed by atoms with E-state index in [4.69, 9.17) is 14.2 Å². The number of hydrogen-bond acceptors (Lipinski definition) is 4. The van der Waals surface area contributed by atoms with Gasteiger partial charge in [-0.15, -0.1) is 0 Å². The van der Waals surface area contributed by atoms with Gasteiger partial charge in [0.2, 0.25) is 6.79 Å². The van der Waals surface area contributed by atoms with E-state index in [2.05, 4.69) is 31.2 Å². The Bertz CT molecular complexity index is 787. The summed E-state index contributed by atoms with van der Waals surface area (Å²) >= 11 is 0. The summed E-state index contributed by atoms with van der Waals surface area (Å²) in [5, 5.41) is 0. The lowest BCUT2D eigenvalue weighted by atomic mass is 10.0. The Labute approximate surface area is 147 Å². The summed E-state index contributed by atoms with van der Waals surface area (Å²) in [6.07, 6.45) is -0.125. The Kier molecular flexibility index (Phi) is 4.09. The van der Waals surface area contributed by atoms with Crippen molar-refractivity contribution in [3.63, 3.8) is 0 Å². The SMILES string of the molecule is Cc1ccc(C2CN(C(=O)c3ccc4c(c3)OCO4)CC(C)O2)cc1. The second-order valence-electron chi connectivity index (χ2n) is 6.62. The van der Waals surface area contributed by atoms with Gasteiger partial charge in [0.15, 0.2) is 11.5 Å². The first-order valence-corrected chi connectivity index (χ1v) is 8.51. The van der Waals surface area contributed by atoms with Crippen molar-refractivity contribution in [3.8, 4) is 11.5 Å². The van der Waals surface area contributed by atoms with Crippen LogP contribution >= 0.6 is 0 Å². The van der Waals surface area contributed by atoms with Crippen LogP contribution in [0.25, 0.3) is 0 Å². The fourth-order valence-corrected chi connectivity index (χ4v) is 3.29. The molecule has 1 saturated heterocycles. The minimum atomic E-state index is -0.109. The van der Waals surface area contributed by atoms with Crippen LogP contribution < -0.4 is 9.47 Å². The number of morpholine rings is 1. The highest BCUT2D eigenvalue weighted by atomic mass is 16.7. The zero-order valence-electron chi connectivity index (χ0n) is 14.4. The molecule has 5 heteroatoms. The Morgan fingerprint density at radius 1 is 1.04 bits per heavy atom. The van der Waals surface area contributed by atoms with Gasteiger partial charge in [0.25, 0.3) is 5.91 Å². The summed E-state index contributed by atoms with van der Waals surface area (Å²) in [6, 6.07) is 13.6. The minimum Gasteiger partial charge on any atom is -0.454 e. The molecule has 2 aromatic carbocycles. The molecule has 0 bridgehead atoms. The van der Waals surface area contributed by atoms with Crippen LogP contribution in [0.5, 0.6) is 11.5 Å². The summed E-state index contributed by atoms with van der Waals surface area (Å²) in [6.45, 7) is 5.39. The highest BCUT2D eigenvalue weighted by molar-refractivity contribution is 5.95. The van der Waals surface area contributed by atoms with Crippen LogP contribution in [0, 0.1) is 6.92 Å². The number of amides is 1. The largest absolute Gasteiger partial charge is 0.454 e. The normalized spacial score (nSPS) is 22.1. The predicted molar refractivity (Wildman–Crippen MR) is 92.9 cm³/mol. The molecule has 0 spiro atoms. The van der Waals surface area contributed by atoms with Crippen molar-refractivity contribution < 1.29 is 19.0 Å². The van der Waals surface area contributed by atoms with E-state index in [-0.39, 0.29) is 24.9 Å². The summed E-state index contributed by atoms with van der Waals surface area (Å²) < 4.78 is 16.8. The number of ether oxygens (including phenoxy) is 3. The van der Waals surface area contributed by atoms with Crippen molar-refractivity contribution in [2.45, 2.75) is 26.1 Å². The first-order chi connectivity index (χ1) is 12.1. The molecule has 5 nitrogen and oxygen atoms in total. The lowest BCUT2D eigenvalue weighted by Crippen LogP contribution is -2.45. The van der Waals surface area contributed by atoms with Crippen LogP contribution in [0.4, 0.5) is 0 Å². The molecule has 0 radical (unpaired) electrons. The standard InChI is InChI=1S/C20H21NO4/c1-13-3-5-15(6-4-13)19-11-21(10-14(2)25-19)20(22)16-7-8-17-18(9-16)24-12-23-17/h3-9,14,19H,10-12H2,1-2H3. The lowest BCUT2D eigenvalue weighted by molar-refractivity contribution is -0.0691. The second kappa shape index (κ2) is 6.41. The molecule has 1 fully saturated rings. The van der Waals surface area contributed by atoms with Gasteiger partial charge in [-0.05, 0) is 37.6 Å². The van der Waals surface area contributed by atoms with Gasteiger partial charge in [-0.1, -0.05) is 29.8 Å². The van der Waals surface area contributed by atoms with Crippen molar-refractivity contribution in [2.75, 3.05) is 19.9 Å². The van der Waals surface area contributed by atoms with Crippen molar-refractivity contribution in [2.24, 2.45) is 0 Å². The maximum absolute atomic E-state index is 13.0. The molecule has 2 heterocycles. The molecule has 0 saturated carbocycles. The molecule has 2 atom stereocenters. The van der Waals surface area contributed by atoms with Crippen molar-refractivity contribution in [3.05, 3.63) is 59.2 Å². The van der Waals surface area contributed by atoms with Gasteiger partial charge in [-0.2, -0.15) is 0 Å². The van der Waals surface area contributed by atoms with Crippen LogP contribution in [0.1, 0.15) is 34.5 Å². The van der Waals surface area contributed by atoms with Crippen molar-refractivity contribution in [1.82, 2.24) is 4.90 Å². The molecular weight excluding hydrogens is 318 g/mol. The zero-order valence-corrected chi connectivity index (χ0v) is 14.4. The molecule has 0 aromatic heterocycles. The Morgan fingerprint density at radius 2 is 1.80 bits per heavy atom. The van der Waals surface area contributed by atoms with Crippen LogP contribution in [0.2, 0.25) is 0 Å². The molecular formula is C20H21NO4. The Morgan fingerprint density at radius 3 is 2.60 bits per heavy atom. The molecule has 4 rings (SSSR count). The van der Waals surface area contributed by atoms with E-state index in [0.717, 1.165) is 5.56 Å². The fourth-order valence-electron chi connectivity index (χ4n) is 3.29. The fraction of sp³-hybridized carbons (Fsp3) is 0.350. The van der Waals surface area contributed by atoms with Crippen LogP contribution in [-0.2, 0) is 4.74 Å². The third-order valence-electron chi connectivity index (χ3n) is 4.62. The van der Waals surface area contributed by atoms with Gasteiger partial charge >= 0.3 is 0 Å². The number of rotatable bonds is 2. The molecule has 1 amide bonds. The molecule has 130 valence electrons. The third kappa shape index (κ3) is 3.20. The van der Waals surface area contributed by atoms with E-state index >= 15 is 0 Å². The van der Waals surface area contributed by atoms with Gasteiger partial charge < -0.3 is 19.1 Å². The number of hydrogen-bond donors (Lipinski definition) is 0. The first-order valence-electron chi connectivity index (χ1n) is 8.51. The molecule has 2 unspecified atom stereocenters. The van der Waals surface area contributed by atoms with Crippen LogP contribution in [-0.4, -0.2) is 36.8 Å². The van der Waals surface area contributed by atoms with Gasteiger partial charge in [0.1, 0.15) is 6.10 Å². The van der Waals surface area contributed by atoms with Crippen LogP contribution in [0.15, 0.2) is 42.5 Å². The molecule has 2 aliphatic rings. The summed E-state index contributed by atoms with van der Waals surface area (Å²) in [5.41, 5.74) is 2.92. The highest BCUT2D eigenvalue weighted by Crippen LogP contribution is 2.33. The number of fused-ring (bicyclic) bond motifs is 1. The molecule has 0 N–H and O–H groups in total. The monoisotopic (exact) mass is 339 g/mol. The molecule has 2 aliphatic heterocycles. The van der Waals surface area contributed by atoms with E-state index in [1.54, 1.807) is 18.2 Å². The van der Waals surface area contributed by atoms with Gasteiger partial charge in [-0.25, -0.2) is 0 Å². The van der Waals surface area contributed by atoms with Gasteiger partial charge in [-0.3, -0.25) is 4.79 Å². The number of benzene rings is 2. The van der Waals surface area contributed by atoms with Gasteiger partial charge in [0.05, 0.1) is 12.6 Å². The number of nitrogens with zero attached hydrogens (tertiary/aromatic N) is 1. The summed E-state index contributed by atoms with van der Waals surface area (Å²) in [4.78, 5) is 14.8. The first kappa shape index (κ1) is 16.0. The summed E-state index contributed by atoms with van der Waals surface area (Å²) in [5.74, 6) is 1.30. The van der Waals surface area contributed by atoms with E-state index < -0.39 is 0 Å². The second-order valence-corrected chi connectivity index (χ2v) is 6.62. The highest BCUT2D eigenvalue weighted by Gasteiger charge is 2.30. The van der Waals surface area contributed by atoms with E-state index in [1.807, 2.05) is 11.8 Å². The minimum absolute atomic E-state index is 0.00874. The van der Waals surface area contributed by atoms with Crippen molar-refractivity contribution in [1.29, 1.82) is 0 Å². The predicted octanol–water partition coefficient (Wildman–Crippen LogP) is 3.33. The number of aryl methyl sites for hydroxylation is 1. The lowest BCUT2D eigenvalue weighted by Gasteiger charge is -2.37. The Hall–Kier alpha value is -2.53. The average Bonchev–Trinajstić information content (AvgIpc) is 3.09. The van der Waals surface area contributed by atoms with Crippen LogP contribution in [0.3, 0.4) is 0 Å². The number of carbonyl (C=O) groups excluding carboxylic acids is 1. The van der Waals surface area contributed by atoms with E-state index in [9.17, 15) is 4.79 Å². The maximum Gasteiger partial charge on any atom is 0.254 e. The quantitative estimate of drug-likeness (QED) is 0.842. The average molecular weight is 339 g/mol. The Balaban J connectivity index is 1.54. The van der Waals surface area contributed by atoms with E-state index in [1.165, 1.54) is 5.56 Å². The van der Waals surface area contributed by atoms with E-state index in [0.29, 0.717) is 30.2 Å². The van der Waals surface area contributed by atoms with Crippen molar-refractivity contribution >= 4 is 5.91 Å². The molecule has 25 heavy (non-hydrogen) atoms. The molecule has 2 aromatic rings. The summed E-state index contributed by atoms with van der Waals surface area (Å²) in [7, 11) is 0. The topological polar surface area (TPSA) is 48.0 Å². The molecule has 0 aliphatic carbocycles. The zero-order chi connectivity index (χ0) is 17.4.